The van der Waals surface area contributed by atoms with Crippen molar-refractivity contribution in [3.8, 4) is 5.75 Å². The lowest BCUT2D eigenvalue weighted by Gasteiger charge is -2.36. The molecule has 4 nitrogen and oxygen atoms in total. The fourth-order valence-corrected chi connectivity index (χ4v) is 3.14. The second-order valence-electron chi connectivity index (χ2n) is 5.99. The molecule has 1 fully saturated rings. The van der Waals surface area contributed by atoms with E-state index < -0.39 is 5.82 Å². The Morgan fingerprint density at radius 2 is 1.88 bits per heavy atom. The van der Waals surface area contributed by atoms with Gasteiger partial charge in [-0.2, -0.15) is 0 Å². The lowest BCUT2D eigenvalue weighted by molar-refractivity contribution is -0.126. The first-order valence-corrected chi connectivity index (χ1v) is 8.76. The number of carbonyl (C=O) groups is 1. The summed E-state index contributed by atoms with van der Waals surface area (Å²) in [6.07, 6.45) is 3.16. The van der Waals surface area contributed by atoms with Gasteiger partial charge in [-0.05, 0) is 35.9 Å². The number of carbonyl (C=O) groups excluding carboxylic acids is 1. The molecular weight excluding hydrogens is 355 g/mol. The number of rotatable bonds is 4. The molecule has 0 spiro atoms. The Balaban J connectivity index is 1.59. The van der Waals surface area contributed by atoms with E-state index in [2.05, 4.69) is 4.90 Å². The molecule has 0 unspecified atom stereocenters. The van der Waals surface area contributed by atoms with Crippen LogP contribution < -0.4 is 9.64 Å². The largest absolute Gasteiger partial charge is 0.495 e. The fourth-order valence-electron chi connectivity index (χ4n) is 2.95. The number of para-hydroxylation sites is 2. The van der Waals surface area contributed by atoms with Gasteiger partial charge in [0, 0.05) is 32.3 Å². The van der Waals surface area contributed by atoms with Crippen molar-refractivity contribution >= 4 is 29.3 Å². The molecule has 0 aromatic heterocycles. The molecule has 6 heteroatoms. The summed E-state index contributed by atoms with van der Waals surface area (Å²) in [6.45, 7) is 2.74. The molecule has 3 rings (SSSR count). The van der Waals surface area contributed by atoms with Crippen LogP contribution in [0.5, 0.6) is 5.75 Å². The fraction of sp³-hybridized carbons (Fsp3) is 0.250. The van der Waals surface area contributed by atoms with Crippen molar-refractivity contribution in [3.63, 3.8) is 0 Å². The molecule has 1 heterocycles. The van der Waals surface area contributed by atoms with Crippen LogP contribution in [0.4, 0.5) is 10.1 Å². The first-order chi connectivity index (χ1) is 12.6. The van der Waals surface area contributed by atoms with Crippen LogP contribution in [0.1, 0.15) is 5.56 Å². The van der Waals surface area contributed by atoms with E-state index in [4.69, 9.17) is 16.3 Å². The smallest absolute Gasteiger partial charge is 0.246 e. The Labute approximate surface area is 157 Å². The first-order valence-electron chi connectivity index (χ1n) is 8.38. The van der Waals surface area contributed by atoms with Crippen LogP contribution in [0.2, 0.25) is 5.02 Å². The maximum absolute atomic E-state index is 13.2. The van der Waals surface area contributed by atoms with Gasteiger partial charge in [0.2, 0.25) is 5.91 Å². The van der Waals surface area contributed by atoms with Crippen LogP contribution in [-0.4, -0.2) is 44.1 Å². The lowest BCUT2D eigenvalue weighted by Crippen LogP contribution is -2.48. The van der Waals surface area contributed by atoms with Gasteiger partial charge in [0.05, 0.1) is 17.8 Å². The summed E-state index contributed by atoms with van der Waals surface area (Å²) in [6, 6.07) is 12.3. The Morgan fingerprint density at radius 3 is 2.58 bits per heavy atom. The summed E-state index contributed by atoms with van der Waals surface area (Å²) < 4.78 is 18.6. The van der Waals surface area contributed by atoms with Crippen molar-refractivity contribution in [2.24, 2.45) is 0 Å². The number of halogens is 2. The van der Waals surface area contributed by atoms with Crippen LogP contribution in [0.25, 0.3) is 6.08 Å². The molecular formula is C20H20ClFN2O2. The van der Waals surface area contributed by atoms with Gasteiger partial charge in [-0.1, -0.05) is 29.8 Å². The maximum Gasteiger partial charge on any atom is 0.246 e. The van der Waals surface area contributed by atoms with Crippen LogP contribution in [-0.2, 0) is 4.79 Å². The number of hydrogen-bond acceptors (Lipinski definition) is 3. The monoisotopic (exact) mass is 374 g/mol. The number of anilines is 1. The third-order valence-electron chi connectivity index (χ3n) is 4.38. The van der Waals surface area contributed by atoms with E-state index in [1.54, 1.807) is 24.2 Å². The van der Waals surface area contributed by atoms with Crippen molar-refractivity contribution < 1.29 is 13.9 Å². The number of benzene rings is 2. The van der Waals surface area contributed by atoms with Crippen LogP contribution >= 0.6 is 11.6 Å². The molecule has 2 aromatic carbocycles. The second-order valence-corrected chi connectivity index (χ2v) is 6.40. The molecule has 1 aliphatic heterocycles. The maximum atomic E-state index is 13.2. The molecule has 0 radical (unpaired) electrons. The molecule has 1 saturated heterocycles. The zero-order valence-corrected chi connectivity index (χ0v) is 15.2. The Hall–Kier alpha value is -2.53. The number of piperazine rings is 1. The van der Waals surface area contributed by atoms with E-state index in [0.717, 1.165) is 24.5 Å². The number of ether oxygens (including phenoxy) is 1. The summed E-state index contributed by atoms with van der Waals surface area (Å²) in [7, 11) is 1.66. The normalized spacial score (nSPS) is 14.7. The molecule has 26 heavy (non-hydrogen) atoms. The minimum atomic E-state index is -0.470. The van der Waals surface area contributed by atoms with Crippen molar-refractivity contribution in [1.82, 2.24) is 4.90 Å². The highest BCUT2D eigenvalue weighted by Crippen LogP contribution is 2.28. The average Bonchev–Trinajstić information content (AvgIpc) is 2.68. The molecule has 0 saturated carbocycles. The highest BCUT2D eigenvalue weighted by atomic mass is 35.5. The topological polar surface area (TPSA) is 32.8 Å². The van der Waals surface area contributed by atoms with Gasteiger partial charge in [0.15, 0.2) is 0 Å². The Kier molecular flexibility index (Phi) is 5.78. The van der Waals surface area contributed by atoms with Crippen molar-refractivity contribution in [2.45, 2.75) is 0 Å². The minimum Gasteiger partial charge on any atom is -0.495 e. The number of hydrogen-bond donors (Lipinski definition) is 0. The summed E-state index contributed by atoms with van der Waals surface area (Å²) in [5.41, 5.74) is 1.73. The molecule has 2 aromatic rings. The zero-order chi connectivity index (χ0) is 18.5. The molecule has 1 amide bonds. The SMILES string of the molecule is COc1ccccc1N1CCN(C(=O)/C=C/c2ccc(F)c(Cl)c2)CC1. The molecule has 0 atom stereocenters. The van der Waals surface area contributed by atoms with Gasteiger partial charge >= 0.3 is 0 Å². The third kappa shape index (κ3) is 4.17. The van der Waals surface area contributed by atoms with Gasteiger partial charge in [-0.25, -0.2) is 4.39 Å². The van der Waals surface area contributed by atoms with Crippen molar-refractivity contribution in [3.05, 3.63) is 64.9 Å². The first kappa shape index (κ1) is 18.3. The highest BCUT2D eigenvalue weighted by molar-refractivity contribution is 6.30. The lowest BCUT2D eigenvalue weighted by atomic mass is 10.2. The van der Waals surface area contributed by atoms with Gasteiger partial charge < -0.3 is 14.5 Å². The van der Waals surface area contributed by atoms with Crippen LogP contribution in [0.15, 0.2) is 48.5 Å². The van der Waals surface area contributed by atoms with Gasteiger partial charge in [-0.3, -0.25) is 4.79 Å². The van der Waals surface area contributed by atoms with Crippen molar-refractivity contribution in [1.29, 1.82) is 0 Å². The summed E-state index contributed by atoms with van der Waals surface area (Å²) in [5.74, 6) is 0.299. The summed E-state index contributed by atoms with van der Waals surface area (Å²) in [5, 5.41) is 0.0463. The molecule has 1 aliphatic rings. The third-order valence-corrected chi connectivity index (χ3v) is 4.67. The minimum absolute atomic E-state index is 0.0463. The van der Waals surface area contributed by atoms with E-state index in [9.17, 15) is 9.18 Å². The zero-order valence-electron chi connectivity index (χ0n) is 14.5. The predicted molar refractivity (Wildman–Crippen MR) is 102 cm³/mol. The standard InChI is InChI=1S/C20H20ClFN2O2/c1-26-19-5-3-2-4-18(19)23-10-12-24(13-11-23)20(25)9-7-15-6-8-17(22)16(21)14-15/h2-9,14H,10-13H2,1H3/b9-7+. The van der Waals surface area contributed by atoms with E-state index in [0.29, 0.717) is 18.7 Å². The van der Waals surface area contributed by atoms with Crippen molar-refractivity contribution in [2.75, 3.05) is 38.2 Å². The second kappa shape index (κ2) is 8.23. The van der Waals surface area contributed by atoms with E-state index in [1.807, 2.05) is 24.3 Å². The number of amides is 1. The predicted octanol–water partition coefficient (Wildman–Crippen LogP) is 3.85. The molecule has 136 valence electrons. The van der Waals surface area contributed by atoms with Gasteiger partial charge in [0.25, 0.3) is 0 Å². The molecule has 0 bridgehead atoms. The van der Waals surface area contributed by atoms with E-state index in [1.165, 1.54) is 18.2 Å². The van der Waals surface area contributed by atoms with E-state index in [-0.39, 0.29) is 10.9 Å². The van der Waals surface area contributed by atoms with Crippen LogP contribution in [0.3, 0.4) is 0 Å². The summed E-state index contributed by atoms with van der Waals surface area (Å²) >= 11 is 5.76. The molecule has 0 aliphatic carbocycles. The molecule has 0 N–H and O–H groups in total. The number of methoxy groups -OCH3 is 1. The summed E-state index contributed by atoms with van der Waals surface area (Å²) in [4.78, 5) is 16.4. The van der Waals surface area contributed by atoms with E-state index >= 15 is 0 Å². The number of nitrogens with zero attached hydrogens (tertiary/aromatic N) is 2. The van der Waals surface area contributed by atoms with Gasteiger partial charge in [-0.15, -0.1) is 0 Å². The highest BCUT2D eigenvalue weighted by Gasteiger charge is 2.21. The quantitative estimate of drug-likeness (QED) is 0.762. The van der Waals surface area contributed by atoms with Crippen LogP contribution in [0, 0.1) is 5.82 Å². The Morgan fingerprint density at radius 1 is 1.15 bits per heavy atom. The average molecular weight is 375 g/mol. The van der Waals surface area contributed by atoms with Gasteiger partial charge in [0.1, 0.15) is 11.6 Å². The Bertz CT molecular complexity index is 817.